The summed E-state index contributed by atoms with van der Waals surface area (Å²) in [5, 5.41) is 0. The fraction of sp³-hybridized carbons (Fsp3) is 0.176. The molecule has 0 bridgehead atoms. The molecule has 0 saturated carbocycles. The summed E-state index contributed by atoms with van der Waals surface area (Å²) in [6.07, 6.45) is 1.69. The molecule has 1 unspecified atom stereocenters. The van der Waals surface area contributed by atoms with Crippen LogP contribution in [0.2, 0.25) is 0 Å². The van der Waals surface area contributed by atoms with E-state index >= 15 is 0 Å². The molecule has 2 rings (SSSR count). The van der Waals surface area contributed by atoms with E-state index in [-0.39, 0.29) is 6.10 Å². The van der Waals surface area contributed by atoms with Crippen LogP contribution in [0.1, 0.15) is 11.7 Å². The smallest absolute Gasteiger partial charge is 0.142 e. The highest BCUT2D eigenvalue weighted by Crippen LogP contribution is 2.25. The van der Waals surface area contributed by atoms with E-state index in [0.717, 1.165) is 17.0 Å². The Morgan fingerprint density at radius 1 is 1.05 bits per heavy atom. The molecule has 0 heterocycles. The standard InChI is InChI=1S/C17H19NO/c1-4-17(14-9-6-5-7-10-14)19-16-12-8-11-15(13-16)18(2)3/h4-13,17H,1H2,2-3H3. The minimum absolute atomic E-state index is 0.126. The van der Waals surface area contributed by atoms with Gasteiger partial charge in [-0.05, 0) is 23.8 Å². The van der Waals surface area contributed by atoms with Crippen LogP contribution in [-0.2, 0) is 0 Å². The second-order valence-electron chi connectivity index (χ2n) is 4.58. The van der Waals surface area contributed by atoms with Crippen LogP contribution < -0.4 is 9.64 Å². The maximum absolute atomic E-state index is 6.00. The first kappa shape index (κ1) is 13.2. The van der Waals surface area contributed by atoms with Gasteiger partial charge in [-0.25, -0.2) is 0 Å². The van der Waals surface area contributed by atoms with Gasteiger partial charge in [0.05, 0.1) is 0 Å². The lowest BCUT2D eigenvalue weighted by molar-refractivity contribution is 0.256. The third-order valence-electron chi connectivity index (χ3n) is 2.94. The first-order valence-electron chi connectivity index (χ1n) is 6.32. The predicted octanol–water partition coefficient (Wildman–Crippen LogP) is 4.06. The van der Waals surface area contributed by atoms with Crippen molar-refractivity contribution in [2.45, 2.75) is 6.10 Å². The largest absolute Gasteiger partial charge is 0.482 e. The van der Waals surface area contributed by atoms with Gasteiger partial charge in [-0.15, -0.1) is 0 Å². The summed E-state index contributed by atoms with van der Waals surface area (Å²) in [7, 11) is 4.03. The molecule has 0 aliphatic heterocycles. The van der Waals surface area contributed by atoms with Crippen molar-refractivity contribution in [2.24, 2.45) is 0 Å². The highest BCUT2D eigenvalue weighted by Gasteiger charge is 2.09. The van der Waals surface area contributed by atoms with Gasteiger partial charge in [0.25, 0.3) is 0 Å². The Morgan fingerprint density at radius 3 is 2.42 bits per heavy atom. The van der Waals surface area contributed by atoms with E-state index in [9.17, 15) is 0 Å². The molecule has 0 aliphatic carbocycles. The first-order valence-corrected chi connectivity index (χ1v) is 6.32. The highest BCUT2D eigenvalue weighted by molar-refractivity contribution is 5.49. The quantitative estimate of drug-likeness (QED) is 0.745. The third kappa shape index (κ3) is 3.38. The van der Waals surface area contributed by atoms with Crippen LogP contribution in [0.3, 0.4) is 0 Å². The normalized spacial score (nSPS) is 11.7. The van der Waals surface area contributed by atoms with Crippen LogP contribution in [-0.4, -0.2) is 14.1 Å². The molecule has 1 atom stereocenters. The molecule has 0 spiro atoms. The summed E-state index contributed by atoms with van der Waals surface area (Å²) >= 11 is 0. The molecule has 2 nitrogen and oxygen atoms in total. The Balaban J connectivity index is 2.19. The van der Waals surface area contributed by atoms with Crippen molar-refractivity contribution < 1.29 is 4.74 Å². The van der Waals surface area contributed by atoms with Crippen LogP contribution in [0.4, 0.5) is 5.69 Å². The van der Waals surface area contributed by atoms with E-state index in [4.69, 9.17) is 4.74 Å². The molecule has 0 aliphatic rings. The maximum Gasteiger partial charge on any atom is 0.142 e. The van der Waals surface area contributed by atoms with Gasteiger partial charge in [0.2, 0.25) is 0 Å². The SMILES string of the molecule is C=CC(Oc1cccc(N(C)C)c1)c1ccccc1. The Morgan fingerprint density at radius 2 is 1.79 bits per heavy atom. The highest BCUT2D eigenvalue weighted by atomic mass is 16.5. The predicted molar refractivity (Wildman–Crippen MR) is 80.8 cm³/mol. The number of nitrogens with zero attached hydrogens (tertiary/aromatic N) is 1. The number of ether oxygens (including phenoxy) is 1. The monoisotopic (exact) mass is 253 g/mol. The molecule has 0 radical (unpaired) electrons. The molecule has 2 heteroatoms. The zero-order chi connectivity index (χ0) is 13.7. The van der Waals surface area contributed by atoms with Gasteiger partial charge in [-0.2, -0.15) is 0 Å². The minimum Gasteiger partial charge on any atom is -0.482 e. The van der Waals surface area contributed by atoms with Crippen molar-refractivity contribution in [1.82, 2.24) is 0 Å². The summed E-state index contributed by atoms with van der Waals surface area (Å²) < 4.78 is 6.00. The number of hydrogen-bond acceptors (Lipinski definition) is 2. The van der Waals surface area contributed by atoms with E-state index in [1.165, 1.54) is 0 Å². The van der Waals surface area contributed by atoms with Crippen molar-refractivity contribution in [1.29, 1.82) is 0 Å². The third-order valence-corrected chi connectivity index (χ3v) is 2.94. The van der Waals surface area contributed by atoms with Crippen LogP contribution in [0.15, 0.2) is 67.3 Å². The fourth-order valence-electron chi connectivity index (χ4n) is 1.88. The van der Waals surface area contributed by atoms with Crippen molar-refractivity contribution in [3.8, 4) is 5.75 Å². The number of hydrogen-bond donors (Lipinski definition) is 0. The molecule has 2 aromatic rings. The number of benzene rings is 2. The lowest BCUT2D eigenvalue weighted by Crippen LogP contribution is -2.09. The molecule has 0 N–H and O–H groups in total. The van der Waals surface area contributed by atoms with Crippen LogP contribution >= 0.6 is 0 Å². The Bertz CT molecular complexity index is 534. The van der Waals surface area contributed by atoms with Gasteiger partial charge in [0.1, 0.15) is 11.9 Å². The second-order valence-corrected chi connectivity index (χ2v) is 4.58. The van der Waals surface area contributed by atoms with Crippen LogP contribution in [0.25, 0.3) is 0 Å². The van der Waals surface area contributed by atoms with E-state index in [1.807, 2.05) is 68.7 Å². The van der Waals surface area contributed by atoms with E-state index in [2.05, 4.69) is 17.5 Å². The van der Waals surface area contributed by atoms with Gasteiger partial charge in [0, 0.05) is 25.8 Å². The summed E-state index contributed by atoms with van der Waals surface area (Å²) in [5.74, 6) is 0.847. The molecular formula is C17H19NO. The summed E-state index contributed by atoms with van der Waals surface area (Å²) in [4.78, 5) is 2.05. The van der Waals surface area contributed by atoms with Gasteiger partial charge in [-0.3, -0.25) is 0 Å². The summed E-state index contributed by atoms with van der Waals surface area (Å²) in [6.45, 7) is 3.86. The van der Waals surface area contributed by atoms with Gasteiger partial charge < -0.3 is 9.64 Å². The minimum atomic E-state index is -0.126. The average molecular weight is 253 g/mol. The van der Waals surface area contributed by atoms with Crippen molar-refractivity contribution >= 4 is 5.69 Å². The van der Waals surface area contributed by atoms with Gasteiger partial charge in [0.15, 0.2) is 0 Å². The Kier molecular flexibility index (Phi) is 4.24. The lowest BCUT2D eigenvalue weighted by atomic mass is 10.1. The molecule has 0 fully saturated rings. The summed E-state index contributed by atoms with van der Waals surface area (Å²) in [5.41, 5.74) is 2.22. The average Bonchev–Trinajstić information content (AvgIpc) is 2.46. The van der Waals surface area contributed by atoms with Crippen molar-refractivity contribution in [3.63, 3.8) is 0 Å². The topological polar surface area (TPSA) is 12.5 Å². The zero-order valence-corrected chi connectivity index (χ0v) is 11.4. The Hall–Kier alpha value is -2.22. The number of anilines is 1. The van der Waals surface area contributed by atoms with Gasteiger partial charge in [-0.1, -0.05) is 43.0 Å². The second kappa shape index (κ2) is 6.10. The van der Waals surface area contributed by atoms with E-state index in [1.54, 1.807) is 0 Å². The van der Waals surface area contributed by atoms with E-state index in [0.29, 0.717) is 0 Å². The van der Waals surface area contributed by atoms with Crippen molar-refractivity contribution in [2.75, 3.05) is 19.0 Å². The zero-order valence-electron chi connectivity index (χ0n) is 11.4. The van der Waals surface area contributed by atoms with Crippen LogP contribution in [0, 0.1) is 0 Å². The first-order chi connectivity index (χ1) is 9.20. The molecule has 2 aromatic carbocycles. The molecular weight excluding hydrogens is 234 g/mol. The Labute approximate surface area is 114 Å². The van der Waals surface area contributed by atoms with E-state index < -0.39 is 0 Å². The molecule has 0 saturated heterocycles. The van der Waals surface area contributed by atoms with Crippen LogP contribution in [0.5, 0.6) is 5.75 Å². The summed E-state index contributed by atoms with van der Waals surface area (Å²) in [6, 6.07) is 18.1. The lowest BCUT2D eigenvalue weighted by Gasteiger charge is -2.18. The van der Waals surface area contributed by atoms with Crippen molar-refractivity contribution in [3.05, 3.63) is 72.8 Å². The number of rotatable bonds is 5. The fourth-order valence-corrected chi connectivity index (χ4v) is 1.88. The molecule has 0 aromatic heterocycles. The molecule has 98 valence electrons. The van der Waals surface area contributed by atoms with Gasteiger partial charge >= 0.3 is 0 Å². The molecule has 19 heavy (non-hydrogen) atoms. The maximum atomic E-state index is 6.00. The molecule has 0 amide bonds.